The van der Waals surface area contributed by atoms with Gasteiger partial charge in [-0.15, -0.1) is 0 Å². The van der Waals surface area contributed by atoms with E-state index in [0.29, 0.717) is 12.6 Å². The van der Waals surface area contributed by atoms with Crippen LogP contribution in [0.15, 0.2) is 0 Å². The molecule has 1 atom stereocenters. The Kier molecular flexibility index (Phi) is 13.3. The number of carboxylic acid groups (broad SMARTS) is 1. The van der Waals surface area contributed by atoms with E-state index in [2.05, 4.69) is 29.8 Å². The Morgan fingerprint density at radius 3 is 2.42 bits per heavy atom. The summed E-state index contributed by atoms with van der Waals surface area (Å²) in [6.07, 6.45) is 6.55. The molecule has 0 saturated heterocycles. The molecule has 19 heavy (non-hydrogen) atoms. The van der Waals surface area contributed by atoms with Gasteiger partial charge in [-0.1, -0.05) is 32.6 Å². The average Bonchev–Trinajstić information content (AvgIpc) is 2.37. The molecule has 0 heterocycles. The molecular formula is C14H31N3O2. The Hall–Kier alpha value is -0.650. The van der Waals surface area contributed by atoms with Crippen molar-refractivity contribution in [1.29, 1.82) is 0 Å². The summed E-state index contributed by atoms with van der Waals surface area (Å²) in [5, 5.41) is 18.0. The minimum absolute atomic E-state index is 0.0364. The van der Waals surface area contributed by atoms with E-state index in [1.165, 1.54) is 32.1 Å². The summed E-state index contributed by atoms with van der Waals surface area (Å²) in [6.45, 7) is 7.90. The van der Waals surface area contributed by atoms with Crippen LogP contribution >= 0.6 is 0 Å². The Bertz CT molecular complexity index is 213. The van der Waals surface area contributed by atoms with Crippen molar-refractivity contribution in [3.63, 3.8) is 0 Å². The van der Waals surface area contributed by atoms with Crippen LogP contribution in [-0.4, -0.2) is 49.8 Å². The van der Waals surface area contributed by atoms with Gasteiger partial charge in [0.25, 0.3) is 0 Å². The first-order valence-corrected chi connectivity index (χ1v) is 7.53. The molecule has 114 valence electrons. The molecule has 0 amide bonds. The van der Waals surface area contributed by atoms with Crippen molar-refractivity contribution in [2.24, 2.45) is 0 Å². The van der Waals surface area contributed by atoms with Gasteiger partial charge in [-0.05, 0) is 13.3 Å². The molecule has 5 heteroatoms. The van der Waals surface area contributed by atoms with Gasteiger partial charge < -0.3 is 21.1 Å². The maximum Gasteiger partial charge on any atom is 0.317 e. The molecule has 0 fully saturated rings. The van der Waals surface area contributed by atoms with E-state index in [4.69, 9.17) is 5.11 Å². The molecule has 1 unspecified atom stereocenters. The fourth-order valence-corrected chi connectivity index (χ4v) is 1.88. The van der Waals surface area contributed by atoms with Crippen LogP contribution in [0.3, 0.4) is 0 Å². The molecule has 0 aliphatic carbocycles. The summed E-state index contributed by atoms with van der Waals surface area (Å²) in [6, 6.07) is 0.587. The zero-order chi connectivity index (χ0) is 14.3. The number of unbranched alkanes of at least 4 members (excludes halogenated alkanes) is 3. The summed E-state index contributed by atoms with van der Waals surface area (Å²) < 4.78 is 0. The molecule has 0 aromatic carbocycles. The first-order chi connectivity index (χ1) is 9.16. The second-order valence-corrected chi connectivity index (χ2v) is 5.03. The quantitative estimate of drug-likeness (QED) is 0.358. The Labute approximate surface area is 117 Å². The average molecular weight is 273 g/mol. The van der Waals surface area contributed by atoms with Crippen LogP contribution in [0.5, 0.6) is 0 Å². The highest BCUT2D eigenvalue weighted by Gasteiger charge is 2.00. The molecule has 0 saturated carbocycles. The fraction of sp³-hybridized carbons (Fsp3) is 0.929. The minimum atomic E-state index is -0.807. The molecule has 0 radical (unpaired) electrons. The largest absolute Gasteiger partial charge is 0.480 e. The highest BCUT2D eigenvalue weighted by molar-refractivity contribution is 5.68. The molecule has 0 rings (SSSR count). The smallest absolute Gasteiger partial charge is 0.317 e. The highest BCUT2D eigenvalue weighted by Crippen LogP contribution is 2.04. The van der Waals surface area contributed by atoms with E-state index in [-0.39, 0.29) is 6.54 Å². The van der Waals surface area contributed by atoms with Gasteiger partial charge in [-0.25, -0.2) is 0 Å². The third kappa shape index (κ3) is 15.3. The summed E-state index contributed by atoms with van der Waals surface area (Å²) in [5.41, 5.74) is 0. The molecule has 0 aromatic heterocycles. The molecule has 4 N–H and O–H groups in total. The molecule has 0 aliphatic heterocycles. The normalized spacial score (nSPS) is 12.5. The zero-order valence-corrected chi connectivity index (χ0v) is 12.5. The van der Waals surface area contributed by atoms with Crippen LogP contribution in [0.2, 0.25) is 0 Å². The summed E-state index contributed by atoms with van der Waals surface area (Å²) in [4.78, 5) is 10.2. The van der Waals surface area contributed by atoms with Crippen molar-refractivity contribution >= 4 is 5.97 Å². The van der Waals surface area contributed by atoms with Gasteiger partial charge in [0.15, 0.2) is 0 Å². The summed E-state index contributed by atoms with van der Waals surface area (Å²) in [7, 11) is 0. The molecule has 0 aliphatic rings. The van der Waals surface area contributed by atoms with E-state index in [0.717, 1.165) is 19.6 Å². The number of carbonyl (C=O) groups is 1. The van der Waals surface area contributed by atoms with Crippen molar-refractivity contribution in [1.82, 2.24) is 16.0 Å². The molecular weight excluding hydrogens is 242 g/mol. The number of carboxylic acids is 1. The third-order valence-corrected chi connectivity index (χ3v) is 3.04. The van der Waals surface area contributed by atoms with E-state index in [9.17, 15) is 4.79 Å². The first kappa shape index (κ1) is 18.4. The minimum Gasteiger partial charge on any atom is -0.480 e. The topological polar surface area (TPSA) is 73.4 Å². The molecule has 5 nitrogen and oxygen atoms in total. The molecule has 0 spiro atoms. The van der Waals surface area contributed by atoms with E-state index < -0.39 is 5.97 Å². The second-order valence-electron chi connectivity index (χ2n) is 5.03. The van der Waals surface area contributed by atoms with Gasteiger partial charge >= 0.3 is 5.97 Å². The predicted octanol–water partition coefficient (Wildman–Crippen LogP) is 1.20. The van der Waals surface area contributed by atoms with Crippen LogP contribution in [0.4, 0.5) is 0 Å². The van der Waals surface area contributed by atoms with Gasteiger partial charge in [0.05, 0.1) is 6.54 Å². The van der Waals surface area contributed by atoms with E-state index in [1.54, 1.807) is 0 Å². The van der Waals surface area contributed by atoms with Crippen molar-refractivity contribution in [2.45, 2.75) is 52.0 Å². The summed E-state index contributed by atoms with van der Waals surface area (Å²) >= 11 is 0. The Morgan fingerprint density at radius 1 is 1.05 bits per heavy atom. The Morgan fingerprint density at radius 2 is 1.74 bits per heavy atom. The number of hydrogen-bond acceptors (Lipinski definition) is 4. The summed E-state index contributed by atoms with van der Waals surface area (Å²) in [5.74, 6) is -0.807. The van der Waals surface area contributed by atoms with E-state index in [1.807, 2.05) is 0 Å². The molecule has 0 aromatic rings. The van der Waals surface area contributed by atoms with Gasteiger partial charge in [-0.2, -0.15) is 0 Å². The maximum absolute atomic E-state index is 10.2. The predicted molar refractivity (Wildman–Crippen MR) is 79.6 cm³/mol. The second kappa shape index (κ2) is 13.8. The number of nitrogens with one attached hydrogen (secondary N) is 3. The maximum atomic E-state index is 10.2. The lowest BCUT2D eigenvalue weighted by Gasteiger charge is -2.14. The van der Waals surface area contributed by atoms with Crippen LogP contribution < -0.4 is 16.0 Å². The van der Waals surface area contributed by atoms with Gasteiger partial charge in [0.2, 0.25) is 0 Å². The SMILES string of the molecule is CCCCCCC(C)NCCNCCNCC(=O)O. The van der Waals surface area contributed by atoms with Crippen LogP contribution in [0, 0.1) is 0 Å². The monoisotopic (exact) mass is 273 g/mol. The first-order valence-electron chi connectivity index (χ1n) is 7.53. The lowest BCUT2D eigenvalue weighted by molar-refractivity contribution is -0.135. The fourth-order valence-electron chi connectivity index (χ4n) is 1.88. The van der Waals surface area contributed by atoms with Crippen molar-refractivity contribution in [3.8, 4) is 0 Å². The van der Waals surface area contributed by atoms with Crippen LogP contribution in [0.1, 0.15) is 46.0 Å². The zero-order valence-electron chi connectivity index (χ0n) is 12.5. The Balaban J connectivity index is 3.14. The molecule has 0 bridgehead atoms. The van der Waals surface area contributed by atoms with Gasteiger partial charge in [0.1, 0.15) is 0 Å². The highest BCUT2D eigenvalue weighted by atomic mass is 16.4. The van der Waals surface area contributed by atoms with Gasteiger partial charge in [0, 0.05) is 32.2 Å². The standard InChI is InChI=1S/C14H31N3O2/c1-3-4-5-6-7-13(2)17-11-10-15-8-9-16-12-14(18)19/h13,15-17H,3-12H2,1-2H3,(H,18,19). The number of rotatable bonds is 14. The number of hydrogen-bond donors (Lipinski definition) is 4. The van der Waals surface area contributed by atoms with Crippen LogP contribution in [-0.2, 0) is 4.79 Å². The third-order valence-electron chi connectivity index (χ3n) is 3.04. The van der Waals surface area contributed by atoms with Gasteiger partial charge in [-0.3, -0.25) is 4.79 Å². The van der Waals surface area contributed by atoms with Crippen molar-refractivity contribution in [2.75, 3.05) is 32.7 Å². The van der Waals surface area contributed by atoms with Crippen molar-refractivity contribution in [3.05, 3.63) is 0 Å². The van der Waals surface area contributed by atoms with E-state index >= 15 is 0 Å². The lowest BCUT2D eigenvalue weighted by Crippen LogP contribution is -2.36. The van der Waals surface area contributed by atoms with Crippen LogP contribution in [0.25, 0.3) is 0 Å². The lowest BCUT2D eigenvalue weighted by atomic mass is 10.1. The van der Waals surface area contributed by atoms with Crippen molar-refractivity contribution < 1.29 is 9.90 Å². The number of aliphatic carboxylic acids is 1.